The third-order valence-corrected chi connectivity index (χ3v) is 4.04. The second-order valence-corrected chi connectivity index (χ2v) is 5.70. The molecule has 0 aliphatic heterocycles. The van der Waals surface area contributed by atoms with Crippen LogP contribution in [0.3, 0.4) is 0 Å². The number of carbonyl (C=O) groups excluding carboxylic acids is 1. The molecule has 0 saturated carbocycles. The summed E-state index contributed by atoms with van der Waals surface area (Å²) in [6.07, 6.45) is 4.06. The number of rotatable bonds is 5. The zero-order valence-electron chi connectivity index (χ0n) is 13.3. The number of hydrogen-bond acceptors (Lipinski definition) is 4. The smallest absolute Gasteiger partial charge is 0.251 e. The SMILES string of the molecule is O=C(N[C@H](Cc1ncc[nH]1)c1ccccc1)c1ccc2n[nH]nc2c1. The Morgan fingerprint density at radius 3 is 2.72 bits per heavy atom. The Kier molecular flexibility index (Phi) is 3.96. The van der Waals surface area contributed by atoms with Crippen molar-refractivity contribution in [3.63, 3.8) is 0 Å². The monoisotopic (exact) mass is 332 g/mol. The van der Waals surface area contributed by atoms with Crippen molar-refractivity contribution in [3.8, 4) is 0 Å². The van der Waals surface area contributed by atoms with E-state index in [1.807, 2.05) is 30.3 Å². The minimum atomic E-state index is -0.187. The van der Waals surface area contributed by atoms with Crippen LogP contribution in [-0.4, -0.2) is 31.3 Å². The molecule has 2 aromatic heterocycles. The van der Waals surface area contributed by atoms with Crippen LogP contribution in [0.15, 0.2) is 60.9 Å². The van der Waals surface area contributed by atoms with E-state index in [1.165, 1.54) is 0 Å². The van der Waals surface area contributed by atoms with Gasteiger partial charge in [0.1, 0.15) is 16.9 Å². The average Bonchev–Trinajstić information content (AvgIpc) is 3.32. The molecule has 1 amide bonds. The standard InChI is InChI=1S/C18H16N6O/c25-18(13-6-7-14-16(10-13)23-24-22-14)21-15(11-17-19-8-9-20-17)12-4-2-1-3-5-12/h1-10,15H,11H2,(H,19,20)(H,21,25)(H,22,23,24)/t15-/m1/s1. The van der Waals surface area contributed by atoms with E-state index in [4.69, 9.17) is 0 Å². The molecule has 0 bridgehead atoms. The number of fused-ring (bicyclic) bond motifs is 1. The highest BCUT2D eigenvalue weighted by molar-refractivity contribution is 5.97. The van der Waals surface area contributed by atoms with Gasteiger partial charge in [0.25, 0.3) is 5.91 Å². The maximum Gasteiger partial charge on any atom is 0.251 e. The van der Waals surface area contributed by atoms with Gasteiger partial charge in [-0.05, 0) is 23.8 Å². The van der Waals surface area contributed by atoms with Crippen molar-refractivity contribution in [3.05, 3.63) is 77.9 Å². The van der Waals surface area contributed by atoms with Gasteiger partial charge in [-0.25, -0.2) is 4.98 Å². The highest BCUT2D eigenvalue weighted by Crippen LogP contribution is 2.18. The van der Waals surface area contributed by atoms with Crippen LogP contribution in [0.2, 0.25) is 0 Å². The fraction of sp³-hybridized carbons (Fsp3) is 0.111. The topological polar surface area (TPSA) is 99.4 Å². The maximum absolute atomic E-state index is 12.7. The van der Waals surface area contributed by atoms with Gasteiger partial charge in [-0.3, -0.25) is 4.79 Å². The number of amides is 1. The van der Waals surface area contributed by atoms with Crippen LogP contribution < -0.4 is 5.32 Å². The molecule has 4 rings (SSSR count). The average molecular weight is 332 g/mol. The van der Waals surface area contributed by atoms with Gasteiger partial charge in [-0.1, -0.05) is 30.3 Å². The molecule has 3 N–H and O–H groups in total. The molecule has 7 nitrogen and oxygen atoms in total. The highest BCUT2D eigenvalue weighted by Gasteiger charge is 2.18. The number of imidazole rings is 1. The first-order valence-electron chi connectivity index (χ1n) is 7.94. The number of nitrogens with one attached hydrogen (secondary N) is 3. The normalized spacial score (nSPS) is 12.2. The molecule has 2 aromatic carbocycles. The molecule has 0 radical (unpaired) electrons. The molecular weight excluding hydrogens is 316 g/mol. The summed E-state index contributed by atoms with van der Waals surface area (Å²) in [5, 5.41) is 13.7. The van der Waals surface area contributed by atoms with E-state index in [2.05, 4.69) is 30.7 Å². The first kappa shape index (κ1) is 15.1. The highest BCUT2D eigenvalue weighted by atomic mass is 16.1. The summed E-state index contributed by atoms with van der Waals surface area (Å²) in [6, 6.07) is 14.9. The molecular formula is C18H16N6O. The zero-order valence-corrected chi connectivity index (χ0v) is 13.3. The third kappa shape index (κ3) is 3.25. The van der Waals surface area contributed by atoms with Crippen LogP contribution in [0.1, 0.15) is 27.8 Å². The Hall–Kier alpha value is -3.48. The van der Waals surface area contributed by atoms with E-state index < -0.39 is 0 Å². The minimum Gasteiger partial charge on any atom is -0.349 e. The van der Waals surface area contributed by atoms with Crippen molar-refractivity contribution in [1.29, 1.82) is 0 Å². The second-order valence-electron chi connectivity index (χ2n) is 5.70. The first-order chi connectivity index (χ1) is 12.3. The Bertz CT molecular complexity index is 977. The van der Waals surface area contributed by atoms with E-state index in [0.29, 0.717) is 17.5 Å². The van der Waals surface area contributed by atoms with Crippen LogP contribution in [-0.2, 0) is 6.42 Å². The molecule has 0 saturated heterocycles. The summed E-state index contributed by atoms with van der Waals surface area (Å²) >= 11 is 0. The van der Waals surface area contributed by atoms with Crippen molar-refractivity contribution >= 4 is 16.9 Å². The lowest BCUT2D eigenvalue weighted by Crippen LogP contribution is -2.30. The first-order valence-corrected chi connectivity index (χ1v) is 7.94. The largest absolute Gasteiger partial charge is 0.349 e. The van der Waals surface area contributed by atoms with Crippen LogP contribution in [0.25, 0.3) is 11.0 Å². The van der Waals surface area contributed by atoms with Crippen molar-refractivity contribution in [2.24, 2.45) is 0 Å². The quantitative estimate of drug-likeness (QED) is 0.522. The number of hydrogen-bond donors (Lipinski definition) is 3. The van der Waals surface area contributed by atoms with Gasteiger partial charge in [-0.15, -0.1) is 0 Å². The zero-order chi connectivity index (χ0) is 17.1. The lowest BCUT2D eigenvalue weighted by molar-refractivity contribution is 0.0936. The molecule has 4 aromatic rings. The Morgan fingerprint density at radius 1 is 1.08 bits per heavy atom. The Balaban J connectivity index is 1.59. The van der Waals surface area contributed by atoms with Crippen LogP contribution >= 0.6 is 0 Å². The van der Waals surface area contributed by atoms with Gasteiger partial charge in [0.15, 0.2) is 0 Å². The van der Waals surface area contributed by atoms with E-state index in [1.54, 1.807) is 30.6 Å². The van der Waals surface area contributed by atoms with E-state index >= 15 is 0 Å². The van der Waals surface area contributed by atoms with Crippen LogP contribution in [0.5, 0.6) is 0 Å². The van der Waals surface area contributed by atoms with Crippen LogP contribution in [0.4, 0.5) is 0 Å². The van der Waals surface area contributed by atoms with Gasteiger partial charge in [0.05, 0.1) is 6.04 Å². The number of H-pyrrole nitrogens is 2. The number of benzene rings is 2. The predicted molar refractivity (Wildman–Crippen MR) is 92.8 cm³/mol. The molecule has 0 fully saturated rings. The van der Waals surface area contributed by atoms with Gasteiger partial charge < -0.3 is 10.3 Å². The molecule has 0 unspecified atom stereocenters. The Labute approximate surface area is 143 Å². The molecule has 0 aliphatic rings. The third-order valence-electron chi connectivity index (χ3n) is 4.04. The summed E-state index contributed by atoms with van der Waals surface area (Å²) in [5.74, 6) is 0.659. The van der Waals surface area contributed by atoms with Gasteiger partial charge in [0, 0.05) is 24.4 Å². The lowest BCUT2D eigenvalue weighted by atomic mass is 10.0. The summed E-state index contributed by atoms with van der Waals surface area (Å²) in [7, 11) is 0. The maximum atomic E-state index is 12.7. The summed E-state index contributed by atoms with van der Waals surface area (Å²) < 4.78 is 0. The fourth-order valence-corrected chi connectivity index (χ4v) is 2.76. The fourth-order valence-electron chi connectivity index (χ4n) is 2.76. The number of carbonyl (C=O) groups is 1. The van der Waals surface area contributed by atoms with Crippen molar-refractivity contribution in [2.45, 2.75) is 12.5 Å². The molecule has 0 spiro atoms. The minimum absolute atomic E-state index is 0.162. The molecule has 25 heavy (non-hydrogen) atoms. The molecule has 7 heteroatoms. The van der Waals surface area contributed by atoms with Crippen molar-refractivity contribution < 1.29 is 4.79 Å². The summed E-state index contributed by atoms with van der Waals surface area (Å²) in [4.78, 5) is 20.1. The number of aromatic nitrogens is 5. The van der Waals surface area contributed by atoms with Gasteiger partial charge in [0.2, 0.25) is 0 Å². The predicted octanol–water partition coefficient (Wildman–Crippen LogP) is 2.39. The van der Waals surface area contributed by atoms with Gasteiger partial charge in [-0.2, -0.15) is 15.4 Å². The van der Waals surface area contributed by atoms with Crippen LogP contribution in [0, 0.1) is 0 Å². The van der Waals surface area contributed by atoms with Gasteiger partial charge >= 0.3 is 0 Å². The summed E-state index contributed by atoms with van der Waals surface area (Å²) in [5.41, 5.74) is 2.96. The van der Waals surface area contributed by atoms with E-state index in [-0.39, 0.29) is 11.9 Å². The number of aromatic amines is 2. The lowest BCUT2D eigenvalue weighted by Gasteiger charge is -2.18. The summed E-state index contributed by atoms with van der Waals surface area (Å²) in [6.45, 7) is 0. The molecule has 1 atom stereocenters. The van der Waals surface area contributed by atoms with Crippen molar-refractivity contribution in [2.75, 3.05) is 0 Å². The second kappa shape index (κ2) is 6.56. The van der Waals surface area contributed by atoms with Crippen molar-refractivity contribution in [1.82, 2.24) is 30.7 Å². The van der Waals surface area contributed by atoms with E-state index in [9.17, 15) is 4.79 Å². The molecule has 2 heterocycles. The van der Waals surface area contributed by atoms with E-state index in [0.717, 1.165) is 16.9 Å². The Morgan fingerprint density at radius 2 is 1.92 bits per heavy atom. The molecule has 124 valence electrons. The molecule has 0 aliphatic carbocycles. The number of nitrogens with zero attached hydrogens (tertiary/aromatic N) is 3.